The number of oxime groups is 1. The number of fused-ring (bicyclic) bond motifs is 4. The Morgan fingerprint density at radius 3 is 2.60 bits per heavy atom. The number of rotatable bonds is 6. The van der Waals surface area contributed by atoms with Gasteiger partial charge in [0.15, 0.2) is 5.78 Å². The molecule has 5 nitrogen and oxygen atoms in total. The standard InChI is InChI=1S/C30H40N2O3/c1-5-35-18-28(33)27-15-14-26-24-12-8-20-16-21(31-34)9-13-23(20)29(24)25(17-30(26,27)2)19-6-10-22(11-7-19)32(3)4/h6-7,10-11,16,24-27,34H,5,8-9,12-15,17-18H2,1-4H3/b31-21-. The molecule has 0 spiro atoms. The summed E-state index contributed by atoms with van der Waals surface area (Å²) in [5, 5.41) is 12.9. The molecule has 1 aromatic rings. The lowest BCUT2D eigenvalue weighted by Crippen LogP contribution is -2.45. The zero-order valence-corrected chi connectivity index (χ0v) is 21.7. The van der Waals surface area contributed by atoms with Crippen molar-refractivity contribution in [1.29, 1.82) is 0 Å². The molecule has 0 bridgehead atoms. The first-order valence-electron chi connectivity index (χ1n) is 13.4. The second-order valence-corrected chi connectivity index (χ2v) is 11.4. The van der Waals surface area contributed by atoms with Gasteiger partial charge >= 0.3 is 0 Å². The quantitative estimate of drug-likeness (QED) is 0.396. The van der Waals surface area contributed by atoms with Gasteiger partial charge < -0.3 is 14.8 Å². The average molecular weight is 477 g/mol. The molecule has 1 aromatic carbocycles. The maximum Gasteiger partial charge on any atom is 0.162 e. The molecule has 4 aliphatic rings. The number of ether oxygens (including phenoxy) is 1. The number of allylic oxidation sites excluding steroid dienone is 4. The number of hydrogen-bond acceptors (Lipinski definition) is 5. The topological polar surface area (TPSA) is 62.1 Å². The number of ketones is 1. The number of Topliss-reactive ketones (excluding diaryl/α,β-unsaturated/α-hetero) is 1. The van der Waals surface area contributed by atoms with Crippen LogP contribution in [0.25, 0.3) is 0 Å². The summed E-state index contributed by atoms with van der Waals surface area (Å²) in [5.41, 5.74) is 7.89. The third-order valence-corrected chi connectivity index (χ3v) is 9.52. The molecule has 2 saturated carbocycles. The molecule has 0 saturated heterocycles. The first kappa shape index (κ1) is 24.3. The van der Waals surface area contributed by atoms with Gasteiger partial charge in [0.2, 0.25) is 0 Å². The molecule has 5 rings (SSSR count). The molecule has 0 amide bonds. The minimum absolute atomic E-state index is 0.00139. The van der Waals surface area contributed by atoms with Crippen LogP contribution < -0.4 is 4.90 Å². The summed E-state index contributed by atoms with van der Waals surface area (Å²) < 4.78 is 5.57. The van der Waals surface area contributed by atoms with E-state index in [0.717, 1.165) is 50.7 Å². The highest BCUT2D eigenvalue weighted by Gasteiger charge is 2.58. The third-order valence-electron chi connectivity index (χ3n) is 9.52. The molecule has 188 valence electrons. The molecular formula is C30H40N2O3. The predicted octanol–water partition coefficient (Wildman–Crippen LogP) is 6.14. The van der Waals surface area contributed by atoms with Crippen molar-refractivity contribution in [3.05, 3.63) is 52.6 Å². The zero-order valence-electron chi connectivity index (χ0n) is 21.7. The van der Waals surface area contributed by atoms with Crippen molar-refractivity contribution in [1.82, 2.24) is 0 Å². The predicted molar refractivity (Wildman–Crippen MR) is 140 cm³/mol. The van der Waals surface area contributed by atoms with Crippen LogP contribution in [0.5, 0.6) is 0 Å². The van der Waals surface area contributed by atoms with Gasteiger partial charge in [0.25, 0.3) is 0 Å². The summed E-state index contributed by atoms with van der Waals surface area (Å²) in [6.45, 7) is 5.21. The van der Waals surface area contributed by atoms with Crippen molar-refractivity contribution in [3.8, 4) is 0 Å². The van der Waals surface area contributed by atoms with Crippen LogP contribution in [0.15, 0.2) is 52.2 Å². The van der Waals surface area contributed by atoms with Crippen molar-refractivity contribution >= 4 is 17.2 Å². The Bertz CT molecular complexity index is 1070. The molecule has 35 heavy (non-hydrogen) atoms. The molecule has 2 fully saturated rings. The van der Waals surface area contributed by atoms with Crippen LogP contribution in [0.3, 0.4) is 0 Å². The smallest absolute Gasteiger partial charge is 0.162 e. The highest BCUT2D eigenvalue weighted by atomic mass is 16.5. The molecule has 0 radical (unpaired) electrons. The fourth-order valence-electron chi connectivity index (χ4n) is 7.89. The van der Waals surface area contributed by atoms with Crippen LogP contribution in [-0.2, 0) is 9.53 Å². The summed E-state index contributed by atoms with van der Waals surface area (Å²) in [5.74, 6) is 1.78. The average Bonchev–Trinajstić information content (AvgIpc) is 3.23. The lowest BCUT2D eigenvalue weighted by molar-refractivity contribution is -0.132. The molecule has 1 N–H and O–H groups in total. The summed E-state index contributed by atoms with van der Waals surface area (Å²) in [6.07, 6.45) is 9.20. The number of benzene rings is 1. The van der Waals surface area contributed by atoms with Gasteiger partial charge in [0, 0.05) is 38.2 Å². The lowest BCUT2D eigenvalue weighted by Gasteiger charge is -2.52. The number of nitrogens with zero attached hydrogens (tertiary/aromatic N) is 2. The second kappa shape index (κ2) is 9.57. The summed E-state index contributed by atoms with van der Waals surface area (Å²) in [4.78, 5) is 15.4. The van der Waals surface area contributed by atoms with Gasteiger partial charge in [-0.1, -0.05) is 29.8 Å². The molecule has 5 atom stereocenters. The van der Waals surface area contributed by atoms with E-state index in [1.807, 2.05) is 6.92 Å². The fourth-order valence-corrected chi connectivity index (χ4v) is 7.89. The molecule has 0 aliphatic heterocycles. The first-order valence-corrected chi connectivity index (χ1v) is 13.4. The van der Waals surface area contributed by atoms with Gasteiger partial charge in [-0.2, -0.15) is 0 Å². The largest absolute Gasteiger partial charge is 0.411 e. The van der Waals surface area contributed by atoms with E-state index < -0.39 is 0 Å². The van der Waals surface area contributed by atoms with E-state index in [2.05, 4.69) is 61.4 Å². The Hall–Kier alpha value is -2.40. The summed E-state index contributed by atoms with van der Waals surface area (Å²) >= 11 is 0. The Labute approximate surface area is 209 Å². The number of hydrogen-bond donors (Lipinski definition) is 1. The van der Waals surface area contributed by atoms with Gasteiger partial charge in [-0.15, -0.1) is 0 Å². The van der Waals surface area contributed by atoms with E-state index in [1.165, 1.54) is 22.4 Å². The van der Waals surface area contributed by atoms with Crippen LogP contribution in [0, 0.1) is 23.2 Å². The Kier molecular flexibility index (Phi) is 6.65. The van der Waals surface area contributed by atoms with Gasteiger partial charge in [-0.05, 0) is 104 Å². The maximum absolute atomic E-state index is 13.3. The van der Waals surface area contributed by atoms with Gasteiger partial charge in [0.05, 0.1) is 5.71 Å². The molecule has 5 heteroatoms. The van der Waals surface area contributed by atoms with Crippen LogP contribution in [0.1, 0.15) is 70.3 Å². The Morgan fingerprint density at radius 1 is 1.14 bits per heavy atom. The van der Waals surface area contributed by atoms with E-state index in [9.17, 15) is 10.0 Å². The summed E-state index contributed by atoms with van der Waals surface area (Å²) in [7, 11) is 4.16. The van der Waals surface area contributed by atoms with Crippen LogP contribution in [0.4, 0.5) is 5.69 Å². The van der Waals surface area contributed by atoms with Crippen LogP contribution in [0.2, 0.25) is 0 Å². The van der Waals surface area contributed by atoms with E-state index >= 15 is 0 Å². The number of carbonyl (C=O) groups excluding carboxylic acids is 1. The van der Waals surface area contributed by atoms with Crippen molar-refractivity contribution in [3.63, 3.8) is 0 Å². The SMILES string of the molecule is CCOCC(=O)C1CCC2C3CCC4=C/C(=N\O)CCC4=C3C(c3ccc(N(C)C)cc3)CC12C. The fraction of sp³-hybridized carbons (Fsp3) is 0.600. The first-order chi connectivity index (χ1) is 16.9. The van der Waals surface area contributed by atoms with Crippen molar-refractivity contribution in [2.75, 3.05) is 32.2 Å². The Morgan fingerprint density at radius 2 is 1.91 bits per heavy atom. The van der Waals surface area contributed by atoms with E-state index in [0.29, 0.717) is 30.1 Å². The number of anilines is 1. The maximum atomic E-state index is 13.3. The highest BCUT2D eigenvalue weighted by molar-refractivity contribution is 5.97. The summed E-state index contributed by atoms with van der Waals surface area (Å²) in [6, 6.07) is 9.07. The molecule has 5 unspecified atom stereocenters. The zero-order chi connectivity index (χ0) is 24.7. The van der Waals surface area contributed by atoms with Gasteiger partial charge in [0.1, 0.15) is 6.61 Å². The van der Waals surface area contributed by atoms with Crippen molar-refractivity contribution < 1.29 is 14.7 Å². The van der Waals surface area contributed by atoms with Crippen LogP contribution in [-0.4, -0.2) is 44.0 Å². The van der Waals surface area contributed by atoms with Gasteiger partial charge in [-0.25, -0.2) is 0 Å². The van der Waals surface area contributed by atoms with E-state index in [-0.39, 0.29) is 17.9 Å². The minimum atomic E-state index is 0.00139. The molecule has 0 aromatic heterocycles. The van der Waals surface area contributed by atoms with Gasteiger partial charge in [-0.3, -0.25) is 4.79 Å². The minimum Gasteiger partial charge on any atom is -0.411 e. The van der Waals surface area contributed by atoms with Crippen molar-refractivity contribution in [2.45, 2.75) is 64.7 Å². The number of carbonyl (C=O) groups is 1. The Balaban J connectivity index is 1.59. The molecular weight excluding hydrogens is 436 g/mol. The second-order valence-electron chi connectivity index (χ2n) is 11.4. The highest BCUT2D eigenvalue weighted by Crippen LogP contribution is 2.65. The third kappa shape index (κ3) is 4.16. The molecule has 4 aliphatic carbocycles. The van der Waals surface area contributed by atoms with Crippen LogP contribution >= 0.6 is 0 Å². The molecule has 0 heterocycles. The van der Waals surface area contributed by atoms with Crippen molar-refractivity contribution in [2.24, 2.45) is 28.3 Å². The lowest BCUT2D eigenvalue weighted by atomic mass is 9.51. The normalized spacial score (nSPS) is 33.1. The van der Waals surface area contributed by atoms with E-state index in [4.69, 9.17) is 4.74 Å². The monoisotopic (exact) mass is 476 g/mol. The van der Waals surface area contributed by atoms with E-state index in [1.54, 1.807) is 5.57 Å².